The van der Waals surface area contributed by atoms with E-state index in [4.69, 9.17) is 4.42 Å². The molecule has 0 aliphatic carbocycles. The first-order valence-corrected chi connectivity index (χ1v) is 9.31. The van der Waals surface area contributed by atoms with Gasteiger partial charge in [-0.15, -0.1) is 0 Å². The first-order valence-electron chi connectivity index (χ1n) is 9.31. The highest BCUT2D eigenvalue weighted by atomic mass is 16.4. The number of imide groups is 1. The molecule has 2 aliphatic heterocycles. The van der Waals surface area contributed by atoms with Gasteiger partial charge in [0.15, 0.2) is 5.58 Å². The Bertz CT molecular complexity index is 1060. The summed E-state index contributed by atoms with van der Waals surface area (Å²) in [5, 5.41) is 0. The molecule has 1 fully saturated rings. The van der Waals surface area contributed by atoms with Crippen LogP contribution in [0.4, 0.5) is 6.01 Å². The minimum absolute atomic E-state index is 0.251. The van der Waals surface area contributed by atoms with E-state index in [1.165, 1.54) is 0 Å². The van der Waals surface area contributed by atoms with Crippen molar-refractivity contribution in [3.05, 3.63) is 53.7 Å². The first-order chi connectivity index (χ1) is 14.1. The van der Waals surface area contributed by atoms with E-state index in [2.05, 4.69) is 9.97 Å². The van der Waals surface area contributed by atoms with E-state index in [-0.39, 0.29) is 12.5 Å². The van der Waals surface area contributed by atoms with Crippen molar-refractivity contribution in [3.63, 3.8) is 0 Å². The van der Waals surface area contributed by atoms with Crippen molar-refractivity contribution in [2.24, 2.45) is 0 Å². The summed E-state index contributed by atoms with van der Waals surface area (Å²) in [6, 6.07) is 10.7. The SMILES string of the molecule is O=C(CN1C(=O)c2ccccc2C1=O)N1CCN(c2nc3ncccc3o2)CC1. The molecule has 0 radical (unpaired) electrons. The third-order valence-corrected chi connectivity index (χ3v) is 5.23. The van der Waals surface area contributed by atoms with Crippen LogP contribution in [0.15, 0.2) is 47.0 Å². The summed E-state index contributed by atoms with van der Waals surface area (Å²) < 4.78 is 5.73. The van der Waals surface area contributed by atoms with E-state index >= 15 is 0 Å². The minimum atomic E-state index is -0.420. The maximum absolute atomic E-state index is 12.7. The van der Waals surface area contributed by atoms with Gasteiger partial charge in [-0.05, 0) is 24.3 Å². The van der Waals surface area contributed by atoms with Gasteiger partial charge in [-0.3, -0.25) is 19.3 Å². The van der Waals surface area contributed by atoms with E-state index in [0.717, 1.165) is 4.90 Å². The van der Waals surface area contributed by atoms with Crippen LogP contribution in [0.1, 0.15) is 20.7 Å². The average molecular weight is 391 g/mol. The lowest BCUT2D eigenvalue weighted by Gasteiger charge is -2.34. The molecule has 0 unspecified atom stereocenters. The average Bonchev–Trinajstić information content (AvgIpc) is 3.29. The molecule has 5 rings (SSSR count). The van der Waals surface area contributed by atoms with Gasteiger partial charge < -0.3 is 14.2 Å². The lowest BCUT2D eigenvalue weighted by atomic mass is 10.1. The molecule has 0 N–H and O–H groups in total. The molecular weight excluding hydrogens is 374 g/mol. The zero-order valence-corrected chi connectivity index (χ0v) is 15.4. The highest BCUT2D eigenvalue weighted by molar-refractivity contribution is 6.22. The third-order valence-electron chi connectivity index (χ3n) is 5.23. The van der Waals surface area contributed by atoms with Gasteiger partial charge in [-0.1, -0.05) is 12.1 Å². The van der Waals surface area contributed by atoms with Crippen molar-refractivity contribution in [1.82, 2.24) is 19.8 Å². The number of fused-ring (bicyclic) bond motifs is 2. The Kier molecular flexibility index (Phi) is 4.01. The Morgan fingerprint density at radius 2 is 1.66 bits per heavy atom. The Morgan fingerprint density at radius 3 is 2.31 bits per heavy atom. The number of benzene rings is 1. The monoisotopic (exact) mass is 391 g/mol. The van der Waals surface area contributed by atoms with Gasteiger partial charge in [0.1, 0.15) is 6.54 Å². The van der Waals surface area contributed by atoms with Crippen LogP contribution in [-0.4, -0.2) is 70.2 Å². The summed E-state index contributed by atoms with van der Waals surface area (Å²) in [4.78, 5) is 50.8. The number of oxazole rings is 1. The van der Waals surface area contributed by atoms with Crippen LogP contribution in [-0.2, 0) is 4.79 Å². The standard InChI is InChI=1S/C20H17N5O4/c26-16(12-25-18(27)13-4-1-2-5-14(13)19(25)28)23-8-10-24(11-9-23)20-22-17-15(29-20)6-3-7-21-17/h1-7H,8-12H2. The van der Waals surface area contributed by atoms with Crippen LogP contribution in [0.5, 0.6) is 0 Å². The number of anilines is 1. The molecule has 1 saturated heterocycles. The van der Waals surface area contributed by atoms with E-state index in [9.17, 15) is 14.4 Å². The molecule has 1 aromatic carbocycles. The third kappa shape index (κ3) is 2.91. The quantitative estimate of drug-likeness (QED) is 0.618. The molecule has 146 valence electrons. The molecule has 9 nitrogen and oxygen atoms in total. The molecular formula is C20H17N5O4. The second-order valence-corrected chi connectivity index (χ2v) is 6.93. The molecule has 3 aromatic rings. The molecule has 3 amide bonds. The van der Waals surface area contributed by atoms with Crippen molar-refractivity contribution in [2.75, 3.05) is 37.6 Å². The molecule has 0 saturated carbocycles. The largest absolute Gasteiger partial charge is 0.422 e. The molecule has 29 heavy (non-hydrogen) atoms. The number of carbonyl (C=O) groups excluding carboxylic acids is 3. The van der Waals surface area contributed by atoms with Gasteiger partial charge in [0.25, 0.3) is 17.8 Å². The van der Waals surface area contributed by atoms with Crippen molar-refractivity contribution in [2.45, 2.75) is 0 Å². The van der Waals surface area contributed by atoms with Crippen LogP contribution in [0.2, 0.25) is 0 Å². The molecule has 2 aromatic heterocycles. The number of amides is 3. The number of carbonyl (C=O) groups is 3. The van der Waals surface area contributed by atoms with E-state index in [1.807, 2.05) is 4.90 Å². The summed E-state index contributed by atoms with van der Waals surface area (Å²) in [5.74, 6) is -1.09. The number of piperazine rings is 1. The molecule has 0 spiro atoms. The van der Waals surface area contributed by atoms with E-state index in [0.29, 0.717) is 54.6 Å². The van der Waals surface area contributed by atoms with Crippen LogP contribution in [0.3, 0.4) is 0 Å². The van der Waals surface area contributed by atoms with Gasteiger partial charge in [0, 0.05) is 32.4 Å². The number of hydrogen-bond acceptors (Lipinski definition) is 7. The second-order valence-electron chi connectivity index (χ2n) is 6.93. The number of pyridine rings is 1. The highest BCUT2D eigenvalue weighted by Crippen LogP contribution is 2.23. The van der Waals surface area contributed by atoms with Crippen molar-refractivity contribution < 1.29 is 18.8 Å². The first kappa shape index (κ1) is 17.4. The zero-order chi connectivity index (χ0) is 20.0. The van der Waals surface area contributed by atoms with Crippen LogP contribution in [0, 0.1) is 0 Å². The van der Waals surface area contributed by atoms with Crippen molar-refractivity contribution >= 4 is 35.0 Å². The Balaban J connectivity index is 1.23. The van der Waals surface area contributed by atoms with E-state index in [1.54, 1.807) is 47.5 Å². The fourth-order valence-corrected chi connectivity index (χ4v) is 3.66. The molecule has 4 heterocycles. The predicted molar refractivity (Wildman–Crippen MR) is 102 cm³/mol. The predicted octanol–water partition coefficient (Wildman–Crippen LogP) is 1.17. The van der Waals surface area contributed by atoms with Gasteiger partial charge in [0.2, 0.25) is 11.6 Å². The smallest absolute Gasteiger partial charge is 0.300 e. The topological polar surface area (TPSA) is 99.9 Å². The van der Waals surface area contributed by atoms with Gasteiger partial charge in [-0.25, -0.2) is 4.98 Å². The number of nitrogens with zero attached hydrogens (tertiary/aromatic N) is 5. The fourth-order valence-electron chi connectivity index (χ4n) is 3.66. The number of aromatic nitrogens is 2. The lowest BCUT2D eigenvalue weighted by molar-refractivity contribution is -0.131. The van der Waals surface area contributed by atoms with Crippen LogP contribution < -0.4 is 4.90 Å². The second kappa shape index (κ2) is 6.69. The van der Waals surface area contributed by atoms with Crippen molar-refractivity contribution in [1.29, 1.82) is 0 Å². The number of rotatable bonds is 3. The summed E-state index contributed by atoms with van der Waals surface area (Å²) in [6.45, 7) is 1.74. The summed E-state index contributed by atoms with van der Waals surface area (Å²) in [5.41, 5.74) is 1.86. The fraction of sp³-hybridized carbons (Fsp3) is 0.250. The summed E-state index contributed by atoms with van der Waals surface area (Å²) in [7, 11) is 0. The Labute approximate surface area is 165 Å². The Morgan fingerprint density at radius 1 is 0.966 bits per heavy atom. The molecule has 2 aliphatic rings. The van der Waals surface area contributed by atoms with Crippen molar-refractivity contribution in [3.8, 4) is 0 Å². The zero-order valence-electron chi connectivity index (χ0n) is 15.4. The van der Waals surface area contributed by atoms with Crippen LogP contribution in [0.25, 0.3) is 11.2 Å². The highest BCUT2D eigenvalue weighted by Gasteiger charge is 2.37. The minimum Gasteiger partial charge on any atom is -0.422 e. The van der Waals surface area contributed by atoms with Crippen LogP contribution >= 0.6 is 0 Å². The lowest BCUT2D eigenvalue weighted by Crippen LogP contribution is -2.52. The molecule has 9 heteroatoms. The van der Waals surface area contributed by atoms with E-state index < -0.39 is 11.8 Å². The van der Waals surface area contributed by atoms with Gasteiger partial charge in [0.05, 0.1) is 11.1 Å². The normalized spacial score (nSPS) is 16.6. The molecule has 0 atom stereocenters. The Hall–Kier alpha value is -3.75. The molecule has 0 bridgehead atoms. The number of hydrogen-bond donors (Lipinski definition) is 0. The maximum Gasteiger partial charge on any atom is 0.300 e. The summed E-state index contributed by atoms with van der Waals surface area (Å²) in [6.07, 6.45) is 1.66. The van der Waals surface area contributed by atoms with Gasteiger partial charge in [-0.2, -0.15) is 4.98 Å². The van der Waals surface area contributed by atoms with Gasteiger partial charge >= 0.3 is 0 Å². The summed E-state index contributed by atoms with van der Waals surface area (Å²) >= 11 is 0. The maximum atomic E-state index is 12.7.